The lowest BCUT2D eigenvalue weighted by Crippen LogP contribution is -2.01. The topological polar surface area (TPSA) is 129 Å². The Bertz CT molecular complexity index is 1340. The number of nitrogens with one attached hydrogen (secondary N) is 1. The molecule has 10 nitrogen and oxygen atoms in total. The van der Waals surface area contributed by atoms with Crippen molar-refractivity contribution in [3.8, 4) is 11.5 Å². The molecule has 0 atom stereocenters. The molecule has 3 aromatic rings. The zero-order chi connectivity index (χ0) is 25.7. The summed E-state index contributed by atoms with van der Waals surface area (Å²) in [6.07, 6.45) is 1.39. The first-order valence-corrected chi connectivity index (χ1v) is 11.8. The van der Waals surface area contributed by atoms with Crippen LogP contribution in [0.2, 0.25) is 10.0 Å². The summed E-state index contributed by atoms with van der Waals surface area (Å²) in [6.45, 7) is 0.192. The van der Waals surface area contributed by atoms with Crippen LogP contribution in [0.3, 0.4) is 0 Å². The average Bonchev–Trinajstić information content (AvgIpc) is 2.83. The molecule has 0 aliphatic heterocycles. The second-order valence-electron chi connectivity index (χ2n) is 6.75. The first-order valence-electron chi connectivity index (χ1n) is 9.47. The van der Waals surface area contributed by atoms with Crippen molar-refractivity contribution in [2.24, 2.45) is 5.10 Å². The largest absolute Gasteiger partial charge is 0.493 e. The summed E-state index contributed by atoms with van der Waals surface area (Å²) in [5, 5.41) is 27.0. The number of hydrogen-bond acceptors (Lipinski definition) is 8. The minimum atomic E-state index is -0.736. The number of rotatable bonds is 9. The minimum absolute atomic E-state index is 0.0134. The van der Waals surface area contributed by atoms with Gasteiger partial charge in [0.2, 0.25) is 0 Å². The predicted molar refractivity (Wildman–Crippen MR) is 140 cm³/mol. The van der Waals surface area contributed by atoms with Crippen molar-refractivity contribution in [1.82, 2.24) is 0 Å². The quantitative estimate of drug-likeness (QED) is 0.146. The summed E-state index contributed by atoms with van der Waals surface area (Å²) in [7, 11) is 1.47. The molecule has 182 valence electrons. The molecule has 0 heterocycles. The Morgan fingerprint density at radius 1 is 1.03 bits per heavy atom. The van der Waals surface area contributed by atoms with E-state index in [9.17, 15) is 20.2 Å². The van der Waals surface area contributed by atoms with E-state index in [4.69, 9.17) is 32.7 Å². The SMILES string of the molecule is COc1cc(/C=N\Nc2ccc([N+](=O)[O-])cc2[N+](=O)[O-])c(Br)c(Br)c1OCc1ccc(Cl)c(Cl)c1. The van der Waals surface area contributed by atoms with Crippen LogP contribution >= 0.6 is 55.1 Å². The van der Waals surface area contributed by atoms with E-state index in [2.05, 4.69) is 42.4 Å². The molecule has 0 saturated heterocycles. The van der Waals surface area contributed by atoms with Crippen LogP contribution in [0.15, 0.2) is 56.5 Å². The Labute approximate surface area is 225 Å². The highest BCUT2D eigenvalue weighted by Gasteiger charge is 2.20. The molecule has 0 unspecified atom stereocenters. The lowest BCUT2D eigenvalue weighted by molar-refractivity contribution is -0.393. The van der Waals surface area contributed by atoms with Crippen LogP contribution in [0.25, 0.3) is 0 Å². The van der Waals surface area contributed by atoms with Gasteiger partial charge in [0.15, 0.2) is 11.5 Å². The molecule has 0 amide bonds. The Hall–Kier alpha value is -2.93. The van der Waals surface area contributed by atoms with Gasteiger partial charge in [0.25, 0.3) is 5.69 Å². The summed E-state index contributed by atoms with van der Waals surface area (Å²) in [6, 6.07) is 10.0. The van der Waals surface area contributed by atoms with Crippen LogP contribution in [-0.4, -0.2) is 23.2 Å². The Morgan fingerprint density at radius 2 is 1.77 bits per heavy atom. The molecule has 0 bridgehead atoms. The highest BCUT2D eigenvalue weighted by molar-refractivity contribution is 9.13. The fourth-order valence-electron chi connectivity index (χ4n) is 2.82. The van der Waals surface area contributed by atoms with Gasteiger partial charge in [-0.1, -0.05) is 29.3 Å². The number of halogens is 4. The molecular formula is C21H14Br2Cl2N4O6. The Balaban J connectivity index is 1.83. The Kier molecular flexibility index (Phi) is 8.89. The number of nitrogens with zero attached hydrogens (tertiary/aromatic N) is 3. The highest BCUT2D eigenvalue weighted by atomic mass is 79.9. The smallest absolute Gasteiger partial charge is 0.301 e. The van der Waals surface area contributed by atoms with Crippen LogP contribution in [0, 0.1) is 20.2 Å². The first-order chi connectivity index (χ1) is 16.6. The van der Waals surface area contributed by atoms with Crippen LogP contribution in [0.1, 0.15) is 11.1 Å². The number of benzene rings is 3. The average molecular weight is 649 g/mol. The van der Waals surface area contributed by atoms with Gasteiger partial charge in [-0.15, -0.1) is 0 Å². The van der Waals surface area contributed by atoms with E-state index >= 15 is 0 Å². The number of hydrazone groups is 1. The van der Waals surface area contributed by atoms with Gasteiger partial charge in [0.1, 0.15) is 12.3 Å². The number of methoxy groups -OCH3 is 1. The normalized spacial score (nSPS) is 10.9. The second kappa shape index (κ2) is 11.7. The van der Waals surface area contributed by atoms with Gasteiger partial charge in [-0.05, 0) is 61.7 Å². The van der Waals surface area contributed by atoms with E-state index in [-0.39, 0.29) is 12.3 Å². The number of nitro benzene ring substituents is 2. The number of non-ortho nitro benzene ring substituents is 1. The molecule has 0 saturated carbocycles. The van der Waals surface area contributed by atoms with Crippen LogP contribution < -0.4 is 14.9 Å². The van der Waals surface area contributed by atoms with Crippen LogP contribution in [0.4, 0.5) is 17.1 Å². The second-order valence-corrected chi connectivity index (χ2v) is 9.15. The third kappa shape index (κ3) is 6.40. The summed E-state index contributed by atoms with van der Waals surface area (Å²) < 4.78 is 12.5. The van der Waals surface area contributed by atoms with Crippen molar-refractivity contribution in [3.05, 3.63) is 92.8 Å². The van der Waals surface area contributed by atoms with Crippen molar-refractivity contribution >= 4 is 78.3 Å². The van der Waals surface area contributed by atoms with Gasteiger partial charge in [-0.3, -0.25) is 25.7 Å². The summed E-state index contributed by atoms with van der Waals surface area (Å²) >= 11 is 19.0. The van der Waals surface area contributed by atoms with E-state index in [1.807, 2.05) is 0 Å². The Morgan fingerprint density at radius 3 is 2.40 bits per heavy atom. The zero-order valence-electron chi connectivity index (χ0n) is 17.6. The molecule has 0 spiro atoms. The molecule has 0 radical (unpaired) electrons. The van der Waals surface area contributed by atoms with Gasteiger partial charge in [0, 0.05) is 16.1 Å². The van der Waals surface area contributed by atoms with Crippen molar-refractivity contribution in [2.45, 2.75) is 6.61 Å². The third-order valence-corrected chi connectivity index (χ3v) is 7.40. The maximum atomic E-state index is 11.3. The fourth-order valence-corrected chi connectivity index (χ4v) is 4.08. The molecule has 1 N–H and O–H groups in total. The van der Waals surface area contributed by atoms with Crippen molar-refractivity contribution in [1.29, 1.82) is 0 Å². The van der Waals surface area contributed by atoms with Crippen LogP contribution in [-0.2, 0) is 6.61 Å². The molecule has 0 aliphatic rings. The molecule has 0 fully saturated rings. The summed E-state index contributed by atoms with van der Waals surface area (Å²) in [5.41, 5.74) is 2.98. The van der Waals surface area contributed by atoms with E-state index in [0.29, 0.717) is 36.1 Å². The number of hydrogen-bond donors (Lipinski definition) is 1. The molecule has 35 heavy (non-hydrogen) atoms. The fraction of sp³-hybridized carbons (Fsp3) is 0.0952. The zero-order valence-corrected chi connectivity index (χ0v) is 22.3. The molecule has 0 aliphatic carbocycles. The van der Waals surface area contributed by atoms with Gasteiger partial charge >= 0.3 is 5.69 Å². The minimum Gasteiger partial charge on any atom is -0.493 e. The maximum absolute atomic E-state index is 11.3. The van der Waals surface area contributed by atoms with Crippen molar-refractivity contribution in [2.75, 3.05) is 12.5 Å². The van der Waals surface area contributed by atoms with Gasteiger partial charge in [0.05, 0.1) is 43.8 Å². The monoisotopic (exact) mass is 646 g/mol. The van der Waals surface area contributed by atoms with Gasteiger partial charge in [-0.2, -0.15) is 5.10 Å². The van der Waals surface area contributed by atoms with E-state index in [0.717, 1.165) is 17.7 Å². The molecule has 14 heteroatoms. The van der Waals surface area contributed by atoms with E-state index in [1.165, 1.54) is 19.4 Å². The first kappa shape index (κ1) is 26.7. The standard InChI is InChI=1S/C21H14Br2Cl2N4O6/c1-34-18-7-12(9-26-27-16-5-3-13(28(30)31)8-17(16)29(32)33)19(22)20(23)21(18)35-10-11-2-4-14(24)15(25)6-11/h2-9,27H,10H2,1H3/b26-9-. The summed E-state index contributed by atoms with van der Waals surface area (Å²) in [5.74, 6) is 0.810. The highest BCUT2D eigenvalue weighted by Crippen LogP contribution is 2.43. The summed E-state index contributed by atoms with van der Waals surface area (Å²) in [4.78, 5) is 20.7. The predicted octanol–water partition coefficient (Wildman–Crippen LogP) is 7.37. The number of nitro groups is 2. The van der Waals surface area contributed by atoms with Gasteiger partial charge < -0.3 is 9.47 Å². The lowest BCUT2D eigenvalue weighted by Gasteiger charge is -2.15. The maximum Gasteiger partial charge on any atom is 0.301 e. The van der Waals surface area contributed by atoms with Crippen molar-refractivity contribution < 1.29 is 19.3 Å². The number of ether oxygens (including phenoxy) is 2. The van der Waals surface area contributed by atoms with Gasteiger partial charge in [-0.25, -0.2) is 0 Å². The molecule has 3 aromatic carbocycles. The third-order valence-electron chi connectivity index (χ3n) is 4.52. The molecule has 3 rings (SSSR count). The van der Waals surface area contributed by atoms with Crippen LogP contribution in [0.5, 0.6) is 11.5 Å². The molecule has 0 aromatic heterocycles. The molecular weight excluding hydrogens is 635 g/mol. The lowest BCUT2D eigenvalue weighted by atomic mass is 10.2. The van der Waals surface area contributed by atoms with E-state index in [1.54, 1.807) is 24.3 Å². The van der Waals surface area contributed by atoms with E-state index < -0.39 is 21.2 Å². The van der Waals surface area contributed by atoms with Crippen molar-refractivity contribution in [3.63, 3.8) is 0 Å². The number of anilines is 1.